The van der Waals surface area contributed by atoms with Crippen LogP contribution in [0.3, 0.4) is 0 Å². The Morgan fingerprint density at radius 3 is 2.79 bits per heavy atom. The van der Waals surface area contributed by atoms with Crippen LogP contribution >= 0.6 is 0 Å². The Morgan fingerprint density at radius 1 is 1.33 bits per heavy atom. The van der Waals surface area contributed by atoms with Crippen molar-refractivity contribution in [3.05, 3.63) is 36.3 Å². The molecule has 1 saturated heterocycles. The molecule has 1 aliphatic rings. The van der Waals surface area contributed by atoms with E-state index in [1.807, 2.05) is 0 Å². The van der Waals surface area contributed by atoms with Crippen molar-refractivity contribution in [1.82, 2.24) is 9.97 Å². The fourth-order valence-electron chi connectivity index (χ4n) is 2.60. The molecular weight excluding hydrogens is 310 g/mol. The molecular formula is C16H17N5O3. The lowest BCUT2D eigenvalue weighted by Crippen LogP contribution is -2.24. The van der Waals surface area contributed by atoms with Crippen molar-refractivity contribution >= 4 is 29.0 Å². The number of carbonyl (C=O) groups excluding carboxylic acids is 2. The number of benzene rings is 1. The predicted molar refractivity (Wildman–Crippen MR) is 89.0 cm³/mol. The van der Waals surface area contributed by atoms with Crippen molar-refractivity contribution in [3.63, 3.8) is 0 Å². The van der Waals surface area contributed by atoms with Gasteiger partial charge in [0.2, 0.25) is 5.91 Å². The van der Waals surface area contributed by atoms with E-state index in [1.165, 1.54) is 19.5 Å². The van der Waals surface area contributed by atoms with Crippen LogP contribution in [0.1, 0.15) is 23.3 Å². The first kappa shape index (κ1) is 15.7. The minimum atomic E-state index is -0.465. The third-order valence-corrected chi connectivity index (χ3v) is 3.74. The van der Waals surface area contributed by atoms with Gasteiger partial charge >= 0.3 is 0 Å². The van der Waals surface area contributed by atoms with E-state index in [-0.39, 0.29) is 17.4 Å². The first-order valence-corrected chi connectivity index (χ1v) is 7.46. The van der Waals surface area contributed by atoms with Crippen LogP contribution in [0.5, 0.6) is 5.75 Å². The van der Waals surface area contributed by atoms with E-state index in [1.54, 1.807) is 23.1 Å². The van der Waals surface area contributed by atoms with Gasteiger partial charge in [-0.25, -0.2) is 9.97 Å². The lowest BCUT2D eigenvalue weighted by atomic mass is 10.2. The maximum atomic E-state index is 12.2. The number of ether oxygens (including phenoxy) is 1. The Labute approximate surface area is 138 Å². The zero-order chi connectivity index (χ0) is 17.1. The number of nitrogen functional groups attached to an aromatic ring is 1. The fraction of sp³-hybridized carbons (Fsp3) is 0.250. The molecule has 1 aromatic carbocycles. The number of hydrogen-bond acceptors (Lipinski definition) is 6. The van der Waals surface area contributed by atoms with Crippen molar-refractivity contribution in [2.24, 2.45) is 0 Å². The summed E-state index contributed by atoms with van der Waals surface area (Å²) in [7, 11) is 1.52. The van der Waals surface area contributed by atoms with Crippen LogP contribution in [-0.2, 0) is 4.79 Å². The summed E-state index contributed by atoms with van der Waals surface area (Å²) in [5.74, 6) is 0.168. The second kappa shape index (κ2) is 6.53. The number of aromatic nitrogens is 2. The van der Waals surface area contributed by atoms with Crippen molar-refractivity contribution < 1.29 is 14.3 Å². The van der Waals surface area contributed by atoms with Gasteiger partial charge in [0.1, 0.15) is 5.75 Å². The van der Waals surface area contributed by atoms with E-state index in [2.05, 4.69) is 15.3 Å². The van der Waals surface area contributed by atoms with Crippen molar-refractivity contribution in [3.8, 4) is 5.75 Å². The Bertz CT molecular complexity index is 793. The zero-order valence-corrected chi connectivity index (χ0v) is 13.2. The van der Waals surface area contributed by atoms with Gasteiger partial charge in [-0.15, -0.1) is 0 Å². The zero-order valence-electron chi connectivity index (χ0n) is 13.2. The second-order valence-electron chi connectivity index (χ2n) is 5.28. The smallest absolute Gasteiger partial charge is 0.278 e. The molecule has 24 heavy (non-hydrogen) atoms. The maximum absolute atomic E-state index is 12.2. The van der Waals surface area contributed by atoms with E-state index < -0.39 is 5.91 Å². The highest BCUT2D eigenvalue weighted by Crippen LogP contribution is 2.33. The van der Waals surface area contributed by atoms with Crippen LogP contribution in [-0.4, -0.2) is 35.4 Å². The molecule has 3 rings (SSSR count). The number of nitrogens with two attached hydrogens (primary N) is 1. The number of carbonyl (C=O) groups is 2. The van der Waals surface area contributed by atoms with E-state index in [0.29, 0.717) is 30.1 Å². The van der Waals surface area contributed by atoms with Gasteiger partial charge in [0.05, 0.1) is 12.8 Å². The van der Waals surface area contributed by atoms with Crippen LogP contribution in [0.25, 0.3) is 0 Å². The number of nitrogens with one attached hydrogen (secondary N) is 1. The number of anilines is 3. The lowest BCUT2D eigenvalue weighted by Gasteiger charge is -2.19. The maximum Gasteiger partial charge on any atom is 0.278 e. The Morgan fingerprint density at radius 2 is 2.12 bits per heavy atom. The SMILES string of the molecule is COc1cc(NC(=O)c2nccnc2N)ccc1N1CCCC1=O. The summed E-state index contributed by atoms with van der Waals surface area (Å²) in [6.07, 6.45) is 4.17. The minimum Gasteiger partial charge on any atom is -0.494 e. The number of methoxy groups -OCH3 is 1. The molecule has 1 fully saturated rings. The number of amides is 2. The Kier molecular flexibility index (Phi) is 4.28. The van der Waals surface area contributed by atoms with Crippen LogP contribution in [0.15, 0.2) is 30.6 Å². The summed E-state index contributed by atoms with van der Waals surface area (Å²) in [6, 6.07) is 5.11. The molecule has 0 unspecified atom stereocenters. The van der Waals surface area contributed by atoms with E-state index in [9.17, 15) is 9.59 Å². The van der Waals surface area contributed by atoms with Gasteiger partial charge in [-0.3, -0.25) is 9.59 Å². The second-order valence-corrected chi connectivity index (χ2v) is 5.28. The van der Waals surface area contributed by atoms with Gasteiger partial charge in [-0.05, 0) is 18.6 Å². The Hall–Kier alpha value is -3.16. The molecule has 0 spiro atoms. The average molecular weight is 327 g/mol. The van der Waals surface area contributed by atoms with Crippen LogP contribution < -0.4 is 20.7 Å². The minimum absolute atomic E-state index is 0.0512. The summed E-state index contributed by atoms with van der Waals surface area (Å²) in [5.41, 5.74) is 6.90. The topological polar surface area (TPSA) is 110 Å². The first-order chi connectivity index (χ1) is 11.6. The van der Waals surface area contributed by atoms with E-state index in [4.69, 9.17) is 10.5 Å². The molecule has 0 aliphatic carbocycles. The van der Waals surface area contributed by atoms with Crippen molar-refractivity contribution in [2.75, 3.05) is 29.6 Å². The third kappa shape index (κ3) is 2.98. The number of nitrogens with zero attached hydrogens (tertiary/aromatic N) is 3. The molecule has 1 aromatic heterocycles. The molecule has 0 atom stereocenters. The molecule has 0 radical (unpaired) electrons. The standard InChI is InChI=1S/C16H17N5O3/c1-24-12-9-10(4-5-11(12)21-8-2-3-13(21)22)20-16(23)14-15(17)19-7-6-18-14/h4-7,9H,2-3,8H2,1H3,(H2,17,19)(H,20,23). The largest absolute Gasteiger partial charge is 0.494 e. The fourth-order valence-corrected chi connectivity index (χ4v) is 2.60. The molecule has 0 bridgehead atoms. The van der Waals surface area contributed by atoms with Gasteiger partial charge < -0.3 is 20.7 Å². The highest BCUT2D eigenvalue weighted by atomic mass is 16.5. The van der Waals surface area contributed by atoms with Gasteiger partial charge in [-0.2, -0.15) is 0 Å². The summed E-state index contributed by atoms with van der Waals surface area (Å²) < 4.78 is 5.36. The van der Waals surface area contributed by atoms with E-state index in [0.717, 1.165) is 6.42 Å². The Balaban J connectivity index is 1.83. The van der Waals surface area contributed by atoms with Crippen LogP contribution in [0.2, 0.25) is 0 Å². The van der Waals surface area contributed by atoms with Gasteiger partial charge in [-0.1, -0.05) is 0 Å². The normalized spacial score (nSPS) is 13.9. The molecule has 2 amide bonds. The van der Waals surface area contributed by atoms with Gasteiger partial charge in [0.25, 0.3) is 5.91 Å². The third-order valence-electron chi connectivity index (χ3n) is 3.74. The number of hydrogen-bond donors (Lipinski definition) is 2. The highest BCUT2D eigenvalue weighted by molar-refractivity contribution is 6.06. The predicted octanol–water partition coefficient (Wildman–Crippen LogP) is 1.45. The van der Waals surface area contributed by atoms with Gasteiger partial charge in [0, 0.05) is 37.1 Å². The van der Waals surface area contributed by atoms with Crippen molar-refractivity contribution in [2.45, 2.75) is 12.8 Å². The molecule has 2 aromatic rings. The van der Waals surface area contributed by atoms with Gasteiger partial charge in [0.15, 0.2) is 11.5 Å². The summed E-state index contributed by atoms with van der Waals surface area (Å²) >= 11 is 0. The number of rotatable bonds is 4. The molecule has 0 saturated carbocycles. The highest BCUT2D eigenvalue weighted by Gasteiger charge is 2.24. The lowest BCUT2D eigenvalue weighted by molar-refractivity contribution is -0.117. The van der Waals surface area contributed by atoms with E-state index >= 15 is 0 Å². The molecule has 8 nitrogen and oxygen atoms in total. The van der Waals surface area contributed by atoms with Crippen LogP contribution in [0, 0.1) is 0 Å². The monoisotopic (exact) mass is 327 g/mol. The van der Waals surface area contributed by atoms with Crippen LogP contribution in [0.4, 0.5) is 17.2 Å². The summed E-state index contributed by atoms with van der Waals surface area (Å²) in [6.45, 7) is 0.664. The molecule has 2 heterocycles. The molecule has 124 valence electrons. The summed E-state index contributed by atoms with van der Waals surface area (Å²) in [4.78, 5) is 33.6. The molecule has 1 aliphatic heterocycles. The first-order valence-electron chi connectivity index (χ1n) is 7.46. The van der Waals surface area contributed by atoms with Crippen molar-refractivity contribution in [1.29, 1.82) is 0 Å². The quantitative estimate of drug-likeness (QED) is 0.879. The summed E-state index contributed by atoms with van der Waals surface area (Å²) in [5, 5.41) is 2.70. The average Bonchev–Trinajstić information content (AvgIpc) is 3.01. The molecule has 3 N–H and O–H groups in total. The molecule has 8 heteroatoms.